The Hall–Kier alpha value is -3.55. The highest BCUT2D eigenvalue weighted by Gasteiger charge is 2.10. The van der Waals surface area contributed by atoms with Gasteiger partial charge in [0.2, 0.25) is 5.91 Å². The molecule has 0 aliphatic heterocycles. The van der Waals surface area contributed by atoms with Crippen LogP contribution in [0.15, 0.2) is 51.9 Å². The number of nitrogens with one attached hydrogen (secondary N) is 1. The summed E-state index contributed by atoms with van der Waals surface area (Å²) in [4.78, 5) is 32.9. The Balaban J connectivity index is 1.58. The average molecular weight is 352 g/mol. The molecule has 4 aromatic rings. The van der Waals surface area contributed by atoms with E-state index in [2.05, 4.69) is 15.3 Å². The van der Waals surface area contributed by atoms with Gasteiger partial charge in [-0.3, -0.25) is 14.2 Å². The van der Waals surface area contributed by atoms with Gasteiger partial charge in [0, 0.05) is 12.6 Å². The second-order valence-corrected chi connectivity index (χ2v) is 5.80. The summed E-state index contributed by atoms with van der Waals surface area (Å²) >= 11 is 0. The summed E-state index contributed by atoms with van der Waals surface area (Å²) in [7, 11) is 0. The molecule has 0 atom stereocenters. The first-order chi connectivity index (χ1) is 12.5. The topological polar surface area (TPSA) is 90.0 Å². The van der Waals surface area contributed by atoms with E-state index in [1.165, 1.54) is 18.5 Å². The maximum absolute atomic E-state index is 13.4. The number of amides is 1. The Bertz CT molecular complexity index is 1210. The first-order valence-corrected chi connectivity index (χ1v) is 7.81. The number of carbonyl (C=O) groups excluding carboxylic acids is 1. The molecular formula is C18H13FN4O3. The Morgan fingerprint density at radius 2 is 2.08 bits per heavy atom. The van der Waals surface area contributed by atoms with Crippen LogP contribution in [-0.4, -0.2) is 20.4 Å². The number of nitrogens with zero attached hydrogens (tertiary/aromatic N) is 3. The Kier molecular flexibility index (Phi) is 3.72. The van der Waals surface area contributed by atoms with Crippen molar-refractivity contribution in [2.24, 2.45) is 0 Å². The second kappa shape index (κ2) is 6.07. The molecule has 2 aromatic heterocycles. The summed E-state index contributed by atoms with van der Waals surface area (Å²) in [6, 6.07) is 8.83. The lowest BCUT2D eigenvalue weighted by Gasteiger charge is -2.08. The van der Waals surface area contributed by atoms with Crippen LogP contribution in [0.2, 0.25) is 0 Å². The van der Waals surface area contributed by atoms with Gasteiger partial charge in [0.25, 0.3) is 5.56 Å². The van der Waals surface area contributed by atoms with E-state index in [-0.39, 0.29) is 11.9 Å². The number of carbonyl (C=O) groups is 1. The third-order valence-corrected chi connectivity index (χ3v) is 3.88. The van der Waals surface area contributed by atoms with Gasteiger partial charge in [-0.25, -0.2) is 14.4 Å². The quantitative estimate of drug-likeness (QED) is 0.612. The minimum Gasteiger partial charge on any atom is -0.441 e. The number of hydrogen-bond acceptors (Lipinski definition) is 5. The fourth-order valence-corrected chi connectivity index (χ4v) is 2.72. The number of anilines is 1. The molecule has 1 N–H and O–H groups in total. The molecule has 0 radical (unpaired) electrons. The summed E-state index contributed by atoms with van der Waals surface area (Å²) in [5.74, 6) is -0.413. The van der Waals surface area contributed by atoms with Gasteiger partial charge in [0.15, 0.2) is 11.5 Å². The van der Waals surface area contributed by atoms with Gasteiger partial charge in [0.05, 0.1) is 17.2 Å². The highest BCUT2D eigenvalue weighted by molar-refractivity contribution is 5.92. The van der Waals surface area contributed by atoms with Crippen LogP contribution in [0.3, 0.4) is 0 Å². The fraction of sp³-hybridized carbons (Fsp3) is 0.111. The molecule has 0 bridgehead atoms. The molecule has 4 rings (SSSR count). The van der Waals surface area contributed by atoms with Crippen molar-refractivity contribution in [3.8, 4) is 0 Å². The number of aromatic nitrogens is 3. The Morgan fingerprint density at radius 1 is 1.23 bits per heavy atom. The van der Waals surface area contributed by atoms with Crippen molar-refractivity contribution < 1.29 is 13.6 Å². The predicted molar refractivity (Wildman–Crippen MR) is 93.3 cm³/mol. The minimum atomic E-state index is -0.533. The summed E-state index contributed by atoms with van der Waals surface area (Å²) in [6.45, 7) is 1.49. The lowest BCUT2D eigenvalue weighted by atomic mass is 10.2. The number of oxazole rings is 1. The van der Waals surface area contributed by atoms with Crippen LogP contribution in [0.4, 0.5) is 10.1 Å². The van der Waals surface area contributed by atoms with Crippen LogP contribution >= 0.6 is 0 Å². The molecule has 2 aromatic carbocycles. The van der Waals surface area contributed by atoms with Crippen molar-refractivity contribution in [3.63, 3.8) is 0 Å². The van der Waals surface area contributed by atoms with Crippen molar-refractivity contribution in [1.82, 2.24) is 14.5 Å². The molecule has 0 spiro atoms. The number of hydrogen-bond donors (Lipinski definition) is 1. The van der Waals surface area contributed by atoms with Crippen LogP contribution in [0.5, 0.6) is 0 Å². The predicted octanol–water partition coefficient (Wildman–Crippen LogP) is 2.62. The molecule has 0 aliphatic carbocycles. The van der Waals surface area contributed by atoms with Gasteiger partial charge in [-0.05, 0) is 36.4 Å². The van der Waals surface area contributed by atoms with E-state index in [9.17, 15) is 14.0 Å². The van der Waals surface area contributed by atoms with E-state index in [1.807, 2.05) is 0 Å². The zero-order valence-corrected chi connectivity index (χ0v) is 13.7. The molecular weight excluding hydrogens is 339 g/mol. The molecule has 7 nitrogen and oxygen atoms in total. The minimum absolute atomic E-state index is 0.125. The number of aryl methyl sites for hydroxylation is 1. The molecule has 1 amide bonds. The SMILES string of the molecule is Cc1nc2cc(NC(=O)Cn3cnc4ccc(F)cc4c3=O)ccc2o1. The molecule has 0 saturated carbocycles. The van der Waals surface area contributed by atoms with Crippen LogP contribution in [0, 0.1) is 12.7 Å². The number of fused-ring (bicyclic) bond motifs is 2. The highest BCUT2D eigenvalue weighted by Crippen LogP contribution is 2.19. The monoisotopic (exact) mass is 352 g/mol. The zero-order valence-electron chi connectivity index (χ0n) is 13.7. The van der Waals surface area contributed by atoms with Gasteiger partial charge in [-0.15, -0.1) is 0 Å². The Labute approximate surface area is 146 Å². The number of rotatable bonds is 3. The van der Waals surface area contributed by atoms with Crippen molar-refractivity contribution in [3.05, 3.63) is 64.8 Å². The maximum Gasteiger partial charge on any atom is 0.261 e. The lowest BCUT2D eigenvalue weighted by molar-refractivity contribution is -0.116. The molecule has 26 heavy (non-hydrogen) atoms. The van der Waals surface area contributed by atoms with E-state index in [0.29, 0.717) is 28.2 Å². The second-order valence-electron chi connectivity index (χ2n) is 5.80. The Morgan fingerprint density at radius 3 is 2.92 bits per heavy atom. The summed E-state index contributed by atoms with van der Waals surface area (Å²) in [5.41, 5.74) is 1.67. The van der Waals surface area contributed by atoms with E-state index in [1.54, 1.807) is 25.1 Å². The standard InChI is InChI=1S/C18H13FN4O3/c1-10-21-15-7-12(3-5-16(15)26-10)22-17(24)8-23-9-20-14-4-2-11(19)6-13(14)18(23)25/h2-7,9H,8H2,1H3,(H,22,24). The molecule has 0 saturated heterocycles. The normalized spacial score (nSPS) is 11.2. The van der Waals surface area contributed by atoms with Crippen molar-refractivity contribution in [1.29, 1.82) is 0 Å². The molecule has 0 fully saturated rings. The smallest absolute Gasteiger partial charge is 0.261 e. The molecule has 0 unspecified atom stereocenters. The van der Waals surface area contributed by atoms with Gasteiger partial charge in [-0.1, -0.05) is 0 Å². The van der Waals surface area contributed by atoms with Gasteiger partial charge in [0.1, 0.15) is 17.9 Å². The molecule has 0 aliphatic rings. The fourth-order valence-electron chi connectivity index (χ4n) is 2.72. The average Bonchev–Trinajstić information content (AvgIpc) is 2.97. The van der Waals surface area contributed by atoms with Crippen molar-refractivity contribution >= 4 is 33.6 Å². The summed E-state index contributed by atoms with van der Waals surface area (Å²) in [5, 5.41) is 2.82. The molecule has 2 heterocycles. The third-order valence-electron chi connectivity index (χ3n) is 3.88. The van der Waals surface area contributed by atoms with E-state index >= 15 is 0 Å². The largest absolute Gasteiger partial charge is 0.441 e. The highest BCUT2D eigenvalue weighted by atomic mass is 19.1. The molecule has 130 valence electrons. The zero-order chi connectivity index (χ0) is 18.3. The van der Waals surface area contributed by atoms with Gasteiger partial charge >= 0.3 is 0 Å². The summed E-state index contributed by atoms with van der Waals surface area (Å²) in [6.07, 6.45) is 1.27. The van der Waals surface area contributed by atoms with Crippen LogP contribution in [0.25, 0.3) is 22.0 Å². The van der Waals surface area contributed by atoms with Crippen molar-refractivity contribution in [2.75, 3.05) is 5.32 Å². The number of halogens is 1. The number of benzene rings is 2. The van der Waals surface area contributed by atoms with E-state index in [4.69, 9.17) is 4.42 Å². The van der Waals surface area contributed by atoms with Crippen LogP contribution in [0.1, 0.15) is 5.89 Å². The van der Waals surface area contributed by atoms with E-state index in [0.717, 1.165) is 10.6 Å². The van der Waals surface area contributed by atoms with Crippen LogP contribution in [-0.2, 0) is 11.3 Å². The maximum atomic E-state index is 13.4. The van der Waals surface area contributed by atoms with Gasteiger partial charge in [-0.2, -0.15) is 0 Å². The molecule has 8 heteroatoms. The van der Waals surface area contributed by atoms with Crippen LogP contribution < -0.4 is 10.9 Å². The third kappa shape index (κ3) is 2.92. The van der Waals surface area contributed by atoms with Gasteiger partial charge < -0.3 is 9.73 Å². The van der Waals surface area contributed by atoms with E-state index < -0.39 is 17.3 Å². The van der Waals surface area contributed by atoms with Crippen molar-refractivity contribution in [2.45, 2.75) is 13.5 Å². The first-order valence-electron chi connectivity index (χ1n) is 7.81. The first kappa shape index (κ1) is 15.9. The lowest BCUT2D eigenvalue weighted by Crippen LogP contribution is -2.28. The summed E-state index contributed by atoms with van der Waals surface area (Å²) < 4.78 is 19.9.